The third-order valence-electron chi connectivity index (χ3n) is 4.83. The summed E-state index contributed by atoms with van der Waals surface area (Å²) in [7, 11) is 1.73. The van der Waals surface area contributed by atoms with E-state index in [2.05, 4.69) is 0 Å². The van der Waals surface area contributed by atoms with Crippen LogP contribution in [0.5, 0.6) is 5.75 Å². The molecular formula is C20H23ClN2O3. The number of nitrogens with zero attached hydrogens (tertiary/aromatic N) is 2. The molecule has 6 heteroatoms. The van der Waals surface area contributed by atoms with Gasteiger partial charge in [-0.15, -0.1) is 0 Å². The Kier molecular flexibility index (Phi) is 5.37. The number of carbonyl (C=O) groups is 1. The molecule has 2 aromatic rings. The second-order valence-electron chi connectivity index (χ2n) is 6.85. The van der Waals surface area contributed by atoms with Gasteiger partial charge in [-0.1, -0.05) is 23.7 Å². The summed E-state index contributed by atoms with van der Waals surface area (Å²) in [5, 5.41) is 0.744. The van der Waals surface area contributed by atoms with Gasteiger partial charge in [0.25, 0.3) is 5.56 Å². The maximum Gasteiger partial charge on any atom is 0.254 e. The molecule has 0 aliphatic carbocycles. The summed E-state index contributed by atoms with van der Waals surface area (Å²) in [5.41, 5.74) is 2.89. The number of aryl methyl sites for hydroxylation is 3. The van der Waals surface area contributed by atoms with Crippen molar-refractivity contribution in [3.8, 4) is 5.75 Å². The van der Waals surface area contributed by atoms with E-state index in [9.17, 15) is 9.59 Å². The standard InChI is InChI=1S/C20H23ClN2O3/c1-13-8-15(4-6-18(13)21)5-7-19(24)23-11-17(12-23)26-16-9-14(2)22(3)20(25)10-16/h4,6,8-10,17H,5,7,11-12H2,1-3H3. The molecule has 0 atom stereocenters. The second-order valence-corrected chi connectivity index (χ2v) is 7.26. The first kappa shape index (κ1) is 18.5. The lowest BCUT2D eigenvalue weighted by atomic mass is 10.0. The smallest absolute Gasteiger partial charge is 0.254 e. The van der Waals surface area contributed by atoms with Gasteiger partial charge >= 0.3 is 0 Å². The van der Waals surface area contributed by atoms with Crippen LogP contribution in [0.2, 0.25) is 5.02 Å². The second kappa shape index (κ2) is 7.54. The number of likely N-dealkylation sites (tertiary alicyclic amines) is 1. The Bertz CT molecular complexity index is 885. The molecule has 138 valence electrons. The van der Waals surface area contributed by atoms with E-state index in [0.717, 1.165) is 21.8 Å². The first-order valence-corrected chi connectivity index (χ1v) is 9.08. The molecule has 26 heavy (non-hydrogen) atoms. The van der Waals surface area contributed by atoms with Crippen LogP contribution >= 0.6 is 11.6 Å². The summed E-state index contributed by atoms with van der Waals surface area (Å²) in [5.74, 6) is 0.692. The fourth-order valence-corrected chi connectivity index (χ4v) is 3.10. The number of carbonyl (C=O) groups excluding carboxylic acids is 1. The molecule has 0 bridgehead atoms. The topological polar surface area (TPSA) is 51.5 Å². The molecule has 1 saturated heterocycles. The Morgan fingerprint density at radius 1 is 1.23 bits per heavy atom. The fourth-order valence-electron chi connectivity index (χ4n) is 2.99. The van der Waals surface area contributed by atoms with Gasteiger partial charge in [0.1, 0.15) is 11.9 Å². The van der Waals surface area contributed by atoms with Crippen LogP contribution < -0.4 is 10.3 Å². The van der Waals surface area contributed by atoms with E-state index in [-0.39, 0.29) is 17.6 Å². The lowest BCUT2D eigenvalue weighted by Crippen LogP contribution is -2.56. The molecule has 1 aliphatic rings. The Morgan fingerprint density at radius 2 is 1.96 bits per heavy atom. The zero-order chi connectivity index (χ0) is 18.8. The highest BCUT2D eigenvalue weighted by molar-refractivity contribution is 6.31. The molecule has 3 rings (SSSR count). The van der Waals surface area contributed by atoms with Crippen molar-refractivity contribution in [2.24, 2.45) is 7.05 Å². The van der Waals surface area contributed by atoms with Crippen molar-refractivity contribution in [1.82, 2.24) is 9.47 Å². The van der Waals surface area contributed by atoms with E-state index in [1.54, 1.807) is 16.5 Å². The summed E-state index contributed by atoms with van der Waals surface area (Å²) in [4.78, 5) is 25.9. The first-order valence-electron chi connectivity index (χ1n) is 8.70. The SMILES string of the molecule is Cc1cc(CCC(=O)N2CC(Oc3cc(C)n(C)c(=O)c3)C2)ccc1Cl. The van der Waals surface area contributed by atoms with Gasteiger partial charge in [0.05, 0.1) is 13.1 Å². The van der Waals surface area contributed by atoms with Crippen LogP contribution in [0.4, 0.5) is 0 Å². The molecular weight excluding hydrogens is 352 g/mol. The zero-order valence-corrected chi connectivity index (χ0v) is 16.0. The highest BCUT2D eigenvalue weighted by Gasteiger charge is 2.32. The van der Waals surface area contributed by atoms with Crippen LogP contribution in [0, 0.1) is 13.8 Å². The third kappa shape index (κ3) is 4.10. The molecule has 0 N–H and O–H groups in total. The lowest BCUT2D eigenvalue weighted by molar-refractivity contribution is -0.139. The largest absolute Gasteiger partial charge is 0.486 e. The number of hydrogen-bond acceptors (Lipinski definition) is 3. The van der Waals surface area contributed by atoms with Crippen molar-refractivity contribution < 1.29 is 9.53 Å². The van der Waals surface area contributed by atoms with Crippen LogP contribution in [0.25, 0.3) is 0 Å². The van der Waals surface area contributed by atoms with Crippen LogP contribution in [-0.4, -0.2) is 34.6 Å². The van der Waals surface area contributed by atoms with E-state index in [4.69, 9.17) is 16.3 Å². The number of benzene rings is 1. The van der Waals surface area contributed by atoms with Gasteiger partial charge in [-0.2, -0.15) is 0 Å². The van der Waals surface area contributed by atoms with Crippen LogP contribution in [0.15, 0.2) is 35.1 Å². The molecule has 0 unspecified atom stereocenters. The number of halogens is 1. The molecule has 1 aliphatic heterocycles. The summed E-state index contributed by atoms with van der Waals surface area (Å²) in [6, 6.07) is 9.18. The van der Waals surface area contributed by atoms with Crippen molar-refractivity contribution in [3.05, 3.63) is 62.5 Å². The Morgan fingerprint density at radius 3 is 2.62 bits per heavy atom. The molecule has 5 nitrogen and oxygen atoms in total. The van der Waals surface area contributed by atoms with Gasteiger partial charge in [0.15, 0.2) is 0 Å². The maximum absolute atomic E-state index is 12.3. The van der Waals surface area contributed by atoms with Crippen molar-refractivity contribution >= 4 is 17.5 Å². The van der Waals surface area contributed by atoms with Crippen molar-refractivity contribution in [2.75, 3.05) is 13.1 Å². The van der Waals surface area contributed by atoms with Crippen LogP contribution in [0.3, 0.4) is 0 Å². The molecule has 1 aromatic carbocycles. The summed E-state index contributed by atoms with van der Waals surface area (Å²) in [6.07, 6.45) is 1.12. The molecule has 0 spiro atoms. The number of hydrogen-bond donors (Lipinski definition) is 0. The lowest BCUT2D eigenvalue weighted by Gasteiger charge is -2.39. The van der Waals surface area contributed by atoms with Gasteiger partial charge in [0.2, 0.25) is 5.91 Å². The normalized spacial score (nSPS) is 14.2. The first-order chi connectivity index (χ1) is 12.3. The minimum atomic E-state index is -0.0921. The van der Waals surface area contributed by atoms with E-state index >= 15 is 0 Å². The molecule has 1 fully saturated rings. The summed E-state index contributed by atoms with van der Waals surface area (Å²) < 4.78 is 7.39. The highest BCUT2D eigenvalue weighted by Crippen LogP contribution is 2.20. The molecule has 0 saturated carbocycles. The fraction of sp³-hybridized carbons (Fsp3) is 0.400. The quantitative estimate of drug-likeness (QED) is 0.808. The Balaban J connectivity index is 1.47. The van der Waals surface area contributed by atoms with Crippen LogP contribution in [0.1, 0.15) is 23.2 Å². The van der Waals surface area contributed by atoms with E-state index < -0.39 is 0 Å². The number of aromatic nitrogens is 1. The predicted molar refractivity (Wildman–Crippen MR) is 102 cm³/mol. The third-order valence-corrected chi connectivity index (χ3v) is 5.25. The van der Waals surface area contributed by atoms with Gasteiger partial charge in [0, 0.05) is 30.3 Å². The summed E-state index contributed by atoms with van der Waals surface area (Å²) >= 11 is 6.03. The minimum Gasteiger partial charge on any atom is -0.486 e. The summed E-state index contributed by atoms with van der Waals surface area (Å²) in [6.45, 7) is 4.95. The molecule has 1 aromatic heterocycles. The van der Waals surface area contributed by atoms with Gasteiger partial charge in [-0.25, -0.2) is 0 Å². The average molecular weight is 375 g/mol. The number of ether oxygens (including phenoxy) is 1. The van der Waals surface area contributed by atoms with Crippen LogP contribution in [-0.2, 0) is 18.3 Å². The zero-order valence-electron chi connectivity index (χ0n) is 15.3. The van der Waals surface area contributed by atoms with Gasteiger partial charge in [-0.3, -0.25) is 9.59 Å². The number of amides is 1. The highest BCUT2D eigenvalue weighted by atomic mass is 35.5. The van der Waals surface area contributed by atoms with Gasteiger partial charge in [-0.05, 0) is 43.5 Å². The average Bonchev–Trinajstić information content (AvgIpc) is 2.56. The monoisotopic (exact) mass is 374 g/mol. The minimum absolute atomic E-state index is 0.0526. The van der Waals surface area contributed by atoms with Crippen molar-refractivity contribution in [3.63, 3.8) is 0 Å². The Hall–Kier alpha value is -2.27. The van der Waals surface area contributed by atoms with E-state index in [0.29, 0.717) is 31.7 Å². The molecule has 0 radical (unpaired) electrons. The van der Waals surface area contributed by atoms with E-state index in [1.807, 2.05) is 38.1 Å². The van der Waals surface area contributed by atoms with E-state index in [1.165, 1.54) is 6.07 Å². The number of pyridine rings is 1. The molecule has 2 heterocycles. The van der Waals surface area contributed by atoms with Gasteiger partial charge < -0.3 is 14.2 Å². The molecule has 1 amide bonds. The maximum atomic E-state index is 12.3. The van der Waals surface area contributed by atoms with Crippen molar-refractivity contribution in [2.45, 2.75) is 32.8 Å². The Labute approximate surface area is 158 Å². The predicted octanol–water partition coefficient (Wildman–Crippen LogP) is 2.88. The van der Waals surface area contributed by atoms with Crippen molar-refractivity contribution in [1.29, 1.82) is 0 Å². The number of rotatable bonds is 5.